The number of fused-ring (bicyclic) bond motifs is 1. The van der Waals surface area contributed by atoms with Crippen LogP contribution in [0.5, 0.6) is 11.5 Å². The van der Waals surface area contributed by atoms with Gasteiger partial charge in [-0.3, -0.25) is 4.79 Å². The number of nitrogens with one attached hydrogen (secondary N) is 1. The lowest BCUT2D eigenvalue weighted by molar-refractivity contribution is -0.142. The molecule has 0 spiro atoms. The Morgan fingerprint density at radius 3 is 2.31 bits per heavy atom. The molecule has 0 aliphatic carbocycles. The lowest BCUT2D eigenvalue weighted by atomic mass is 10.1. The second kappa shape index (κ2) is 8.29. The van der Waals surface area contributed by atoms with E-state index in [4.69, 9.17) is 21.7 Å². The van der Waals surface area contributed by atoms with Crippen LogP contribution in [-0.2, 0) is 4.79 Å². The number of piperazine rings is 1. The maximum atomic E-state index is 12.9. The molecule has 29 heavy (non-hydrogen) atoms. The second-order valence-corrected chi connectivity index (χ2v) is 7.87. The van der Waals surface area contributed by atoms with Gasteiger partial charge in [0.1, 0.15) is 6.61 Å². The van der Waals surface area contributed by atoms with Crippen LogP contribution in [0.25, 0.3) is 0 Å². The summed E-state index contributed by atoms with van der Waals surface area (Å²) in [6, 6.07) is 13.7. The maximum Gasteiger partial charge on any atom is 0.267 e. The molecular weight excluding hydrogens is 386 g/mol. The number of benzene rings is 2. The number of amides is 1. The monoisotopic (exact) mass is 411 g/mol. The van der Waals surface area contributed by atoms with Gasteiger partial charge in [0.15, 0.2) is 16.6 Å². The molecule has 6 nitrogen and oxygen atoms in total. The fourth-order valence-electron chi connectivity index (χ4n) is 3.72. The van der Waals surface area contributed by atoms with E-state index in [1.165, 1.54) is 11.1 Å². The Labute approximate surface area is 176 Å². The summed E-state index contributed by atoms with van der Waals surface area (Å²) >= 11 is 5.58. The summed E-state index contributed by atoms with van der Waals surface area (Å²) in [6.45, 7) is 6.97. The van der Waals surface area contributed by atoms with Crippen LogP contribution in [0.4, 0.5) is 5.69 Å². The summed E-state index contributed by atoms with van der Waals surface area (Å²) in [5.74, 6) is 1.27. The number of thiocarbonyl (C=S) groups is 1. The molecule has 7 heteroatoms. The molecule has 0 unspecified atom stereocenters. The number of hydrogen-bond acceptors (Lipinski definition) is 4. The first-order valence-corrected chi connectivity index (χ1v) is 10.2. The van der Waals surface area contributed by atoms with Crippen LogP contribution in [0.1, 0.15) is 11.1 Å². The van der Waals surface area contributed by atoms with E-state index in [1.807, 2.05) is 29.2 Å². The van der Waals surface area contributed by atoms with Gasteiger partial charge in [-0.15, -0.1) is 0 Å². The van der Waals surface area contributed by atoms with Crippen LogP contribution in [-0.4, -0.2) is 59.7 Å². The lowest BCUT2D eigenvalue weighted by Gasteiger charge is -2.38. The van der Waals surface area contributed by atoms with E-state index < -0.39 is 6.10 Å². The molecular formula is C22H25N3O3S. The third-order valence-electron chi connectivity index (χ3n) is 5.14. The van der Waals surface area contributed by atoms with Gasteiger partial charge in [0.05, 0.1) is 0 Å². The molecule has 2 aromatic carbocycles. The number of carbonyl (C=O) groups excluding carboxylic acids is 1. The van der Waals surface area contributed by atoms with Crippen LogP contribution in [0.2, 0.25) is 0 Å². The minimum absolute atomic E-state index is 0.0349. The number of aryl methyl sites for hydroxylation is 2. The van der Waals surface area contributed by atoms with Crippen molar-refractivity contribution in [2.45, 2.75) is 20.0 Å². The van der Waals surface area contributed by atoms with Crippen LogP contribution >= 0.6 is 12.2 Å². The fraction of sp³-hybridized carbons (Fsp3) is 0.364. The van der Waals surface area contributed by atoms with Crippen LogP contribution < -0.4 is 14.8 Å². The summed E-state index contributed by atoms with van der Waals surface area (Å²) in [6.07, 6.45) is -0.600. The van der Waals surface area contributed by atoms with Crippen LogP contribution in [0.3, 0.4) is 0 Å². The third kappa shape index (κ3) is 4.45. The van der Waals surface area contributed by atoms with Gasteiger partial charge >= 0.3 is 0 Å². The van der Waals surface area contributed by atoms with Gasteiger partial charge in [0, 0.05) is 31.9 Å². The molecule has 1 atom stereocenters. The van der Waals surface area contributed by atoms with E-state index >= 15 is 0 Å². The van der Waals surface area contributed by atoms with Gasteiger partial charge < -0.3 is 24.6 Å². The van der Waals surface area contributed by atoms with E-state index in [2.05, 4.69) is 42.3 Å². The molecule has 2 aliphatic heterocycles. The molecule has 1 saturated heterocycles. The van der Waals surface area contributed by atoms with Crippen LogP contribution in [0, 0.1) is 13.8 Å². The Balaban J connectivity index is 1.31. The highest BCUT2D eigenvalue weighted by atomic mass is 32.1. The molecule has 2 aliphatic rings. The summed E-state index contributed by atoms with van der Waals surface area (Å²) in [5, 5.41) is 4.01. The number of carbonyl (C=O) groups is 1. The minimum atomic E-state index is -0.600. The number of para-hydroxylation sites is 2. The van der Waals surface area contributed by atoms with Gasteiger partial charge in [0.25, 0.3) is 5.91 Å². The van der Waals surface area contributed by atoms with Crippen molar-refractivity contribution in [1.82, 2.24) is 9.80 Å². The highest BCUT2D eigenvalue weighted by molar-refractivity contribution is 7.80. The first kappa shape index (κ1) is 19.5. The van der Waals surface area contributed by atoms with Crippen molar-refractivity contribution in [2.75, 3.05) is 38.1 Å². The predicted octanol–water partition coefficient (Wildman–Crippen LogP) is 2.98. The Morgan fingerprint density at radius 2 is 1.62 bits per heavy atom. The number of rotatable bonds is 2. The molecule has 1 fully saturated rings. The average Bonchev–Trinajstić information content (AvgIpc) is 2.72. The van der Waals surface area contributed by atoms with E-state index in [0.717, 1.165) is 5.69 Å². The van der Waals surface area contributed by atoms with Gasteiger partial charge in [-0.05, 0) is 61.5 Å². The van der Waals surface area contributed by atoms with Gasteiger partial charge in [-0.1, -0.05) is 18.2 Å². The first-order chi connectivity index (χ1) is 14.0. The molecule has 0 aromatic heterocycles. The smallest absolute Gasteiger partial charge is 0.267 e. The Kier molecular flexibility index (Phi) is 5.58. The number of ether oxygens (including phenoxy) is 2. The highest BCUT2D eigenvalue weighted by Crippen LogP contribution is 2.31. The van der Waals surface area contributed by atoms with Gasteiger partial charge in [0.2, 0.25) is 6.10 Å². The van der Waals surface area contributed by atoms with Crippen LogP contribution in [0.15, 0.2) is 42.5 Å². The van der Waals surface area contributed by atoms with E-state index in [1.54, 1.807) is 0 Å². The van der Waals surface area contributed by atoms with Crippen molar-refractivity contribution in [3.8, 4) is 11.5 Å². The highest BCUT2D eigenvalue weighted by Gasteiger charge is 2.33. The fourth-order valence-corrected chi connectivity index (χ4v) is 4.02. The number of anilines is 1. The lowest BCUT2D eigenvalue weighted by Crippen LogP contribution is -2.55. The van der Waals surface area contributed by atoms with E-state index in [0.29, 0.717) is 42.8 Å². The zero-order chi connectivity index (χ0) is 20.4. The zero-order valence-electron chi connectivity index (χ0n) is 16.7. The summed E-state index contributed by atoms with van der Waals surface area (Å²) < 4.78 is 11.5. The van der Waals surface area contributed by atoms with Crippen molar-refractivity contribution in [2.24, 2.45) is 0 Å². The average molecular weight is 412 g/mol. The molecule has 0 saturated carbocycles. The largest absolute Gasteiger partial charge is 0.485 e. The third-order valence-corrected chi connectivity index (χ3v) is 5.50. The maximum absolute atomic E-state index is 12.9. The molecule has 2 aromatic rings. The SMILES string of the molecule is Cc1cc(C)cc(NC(=S)N2CCN(C(=O)[C@@H]3COc4ccccc4O3)CC2)c1. The molecule has 2 heterocycles. The van der Waals surface area contributed by atoms with Crippen molar-refractivity contribution in [3.63, 3.8) is 0 Å². The first-order valence-electron chi connectivity index (χ1n) is 9.81. The number of nitrogens with zero attached hydrogens (tertiary/aromatic N) is 2. The van der Waals surface area contributed by atoms with Crippen molar-refractivity contribution in [3.05, 3.63) is 53.6 Å². The molecule has 152 valence electrons. The Bertz CT molecular complexity index is 905. The zero-order valence-corrected chi connectivity index (χ0v) is 17.5. The van der Waals surface area contributed by atoms with E-state index in [9.17, 15) is 4.79 Å². The van der Waals surface area contributed by atoms with Crippen molar-refractivity contribution >= 4 is 28.9 Å². The molecule has 0 radical (unpaired) electrons. The normalized spacial score (nSPS) is 18.3. The minimum Gasteiger partial charge on any atom is -0.485 e. The molecule has 0 bridgehead atoms. The molecule has 1 amide bonds. The summed E-state index contributed by atoms with van der Waals surface area (Å²) in [7, 11) is 0. The Morgan fingerprint density at radius 1 is 1.00 bits per heavy atom. The topological polar surface area (TPSA) is 54.0 Å². The van der Waals surface area contributed by atoms with E-state index in [-0.39, 0.29) is 12.5 Å². The van der Waals surface area contributed by atoms with Crippen molar-refractivity contribution < 1.29 is 14.3 Å². The van der Waals surface area contributed by atoms with Gasteiger partial charge in [-0.25, -0.2) is 0 Å². The second-order valence-electron chi connectivity index (χ2n) is 7.48. The standard InChI is InChI=1S/C22H25N3O3S/c1-15-11-16(2)13-17(12-15)23-22(29)25-9-7-24(8-10-25)21(26)20-14-27-18-5-3-4-6-19(18)28-20/h3-6,11-13,20H,7-10,14H2,1-2H3,(H,23,29)/t20-/m0/s1. The Hall–Kier alpha value is -2.80. The number of hydrogen-bond donors (Lipinski definition) is 1. The molecule has 4 rings (SSSR count). The van der Waals surface area contributed by atoms with Gasteiger partial charge in [-0.2, -0.15) is 0 Å². The quantitative estimate of drug-likeness (QED) is 0.767. The predicted molar refractivity (Wildman–Crippen MR) is 117 cm³/mol. The summed E-state index contributed by atoms with van der Waals surface area (Å²) in [5.41, 5.74) is 3.39. The summed E-state index contributed by atoms with van der Waals surface area (Å²) in [4.78, 5) is 16.8. The molecule has 1 N–H and O–H groups in total. The van der Waals surface area contributed by atoms with Crippen molar-refractivity contribution in [1.29, 1.82) is 0 Å².